The summed E-state index contributed by atoms with van der Waals surface area (Å²) in [5.74, 6) is 0.537. The maximum absolute atomic E-state index is 12.4. The topological polar surface area (TPSA) is 47.6 Å². The number of benzene rings is 2. The molecule has 1 aliphatic heterocycles. The van der Waals surface area contributed by atoms with Gasteiger partial charge in [-0.3, -0.25) is 4.79 Å². The van der Waals surface area contributed by atoms with E-state index in [-0.39, 0.29) is 17.9 Å². The van der Waals surface area contributed by atoms with E-state index < -0.39 is 0 Å². The molecule has 0 atom stereocenters. The van der Waals surface area contributed by atoms with Crippen LogP contribution in [-0.4, -0.2) is 32.3 Å². The Hall–Kier alpha value is -2.04. The minimum Gasteiger partial charge on any atom is -0.484 e. The number of nitrogens with one attached hydrogen (secondary N) is 1. The first kappa shape index (κ1) is 19.7. The molecule has 1 N–H and O–H groups in total. The predicted molar refractivity (Wildman–Crippen MR) is 108 cm³/mol. The van der Waals surface area contributed by atoms with Crippen LogP contribution in [0.1, 0.15) is 29.5 Å². The first-order chi connectivity index (χ1) is 13.0. The summed E-state index contributed by atoms with van der Waals surface area (Å²) in [6, 6.07) is 14.1. The summed E-state index contributed by atoms with van der Waals surface area (Å²) in [4.78, 5) is 12.4. The van der Waals surface area contributed by atoms with Crippen LogP contribution in [0.5, 0.6) is 5.75 Å². The zero-order valence-electron chi connectivity index (χ0n) is 15.9. The molecule has 1 aliphatic rings. The molecule has 1 saturated heterocycles. The average molecular weight is 388 g/mol. The van der Waals surface area contributed by atoms with E-state index in [1.807, 2.05) is 44.2 Å². The Morgan fingerprint density at radius 2 is 1.78 bits per heavy atom. The van der Waals surface area contributed by atoms with E-state index in [0.29, 0.717) is 25.5 Å². The average Bonchev–Trinajstić information content (AvgIpc) is 2.70. The number of amides is 1. The molecule has 2 aromatic rings. The number of ether oxygens (including phenoxy) is 2. The molecule has 0 unspecified atom stereocenters. The molecule has 0 aliphatic carbocycles. The van der Waals surface area contributed by atoms with Crippen LogP contribution in [0.4, 0.5) is 0 Å². The van der Waals surface area contributed by atoms with Crippen LogP contribution < -0.4 is 10.1 Å². The molecule has 144 valence electrons. The summed E-state index contributed by atoms with van der Waals surface area (Å²) in [6.07, 6.45) is 1.79. The Labute approximate surface area is 165 Å². The van der Waals surface area contributed by atoms with Gasteiger partial charge in [-0.25, -0.2) is 0 Å². The molecule has 5 heteroatoms. The fourth-order valence-electron chi connectivity index (χ4n) is 3.58. The summed E-state index contributed by atoms with van der Waals surface area (Å²) < 4.78 is 11.2. The quantitative estimate of drug-likeness (QED) is 0.808. The highest BCUT2D eigenvalue weighted by molar-refractivity contribution is 6.32. The summed E-state index contributed by atoms with van der Waals surface area (Å²) in [5, 5.41) is 3.79. The largest absolute Gasteiger partial charge is 0.484 e. The van der Waals surface area contributed by atoms with E-state index in [1.54, 1.807) is 0 Å². The summed E-state index contributed by atoms with van der Waals surface area (Å²) in [6.45, 7) is 5.85. The van der Waals surface area contributed by atoms with Gasteiger partial charge in [0.05, 0.1) is 0 Å². The summed E-state index contributed by atoms with van der Waals surface area (Å²) >= 11 is 6.18. The molecule has 27 heavy (non-hydrogen) atoms. The van der Waals surface area contributed by atoms with Gasteiger partial charge in [-0.1, -0.05) is 41.9 Å². The van der Waals surface area contributed by atoms with Gasteiger partial charge < -0.3 is 14.8 Å². The van der Waals surface area contributed by atoms with Crippen molar-refractivity contribution in [2.45, 2.75) is 32.1 Å². The lowest BCUT2D eigenvalue weighted by Crippen LogP contribution is -2.45. The maximum atomic E-state index is 12.4. The van der Waals surface area contributed by atoms with E-state index in [1.165, 1.54) is 5.56 Å². The number of carbonyl (C=O) groups is 1. The highest BCUT2D eigenvalue weighted by Gasteiger charge is 2.34. The van der Waals surface area contributed by atoms with E-state index in [4.69, 9.17) is 21.1 Å². The third-order valence-corrected chi connectivity index (χ3v) is 5.84. The van der Waals surface area contributed by atoms with Crippen molar-refractivity contribution in [3.8, 4) is 5.75 Å². The predicted octanol–water partition coefficient (Wildman–Crippen LogP) is 4.20. The molecule has 0 bridgehead atoms. The fourth-order valence-corrected chi connectivity index (χ4v) is 3.69. The van der Waals surface area contributed by atoms with Crippen LogP contribution in [-0.2, 0) is 14.9 Å². The lowest BCUT2D eigenvalue weighted by Gasteiger charge is -2.38. The van der Waals surface area contributed by atoms with Gasteiger partial charge in [0.1, 0.15) is 5.75 Å². The zero-order valence-corrected chi connectivity index (χ0v) is 16.6. The minimum atomic E-state index is -0.123. The van der Waals surface area contributed by atoms with Crippen LogP contribution in [0.3, 0.4) is 0 Å². The number of hydrogen-bond acceptors (Lipinski definition) is 3. The van der Waals surface area contributed by atoms with Crippen LogP contribution >= 0.6 is 11.6 Å². The highest BCUT2D eigenvalue weighted by atomic mass is 35.5. The van der Waals surface area contributed by atoms with Gasteiger partial charge in [-0.2, -0.15) is 0 Å². The molecular weight excluding hydrogens is 362 g/mol. The molecule has 1 heterocycles. The Balaban J connectivity index is 1.60. The third-order valence-electron chi connectivity index (χ3n) is 5.24. The molecular formula is C22H26ClNO3. The van der Waals surface area contributed by atoms with E-state index in [2.05, 4.69) is 17.4 Å². The second-order valence-electron chi connectivity index (χ2n) is 7.20. The lowest BCUT2D eigenvalue weighted by atomic mass is 9.74. The molecule has 0 spiro atoms. The Kier molecular flexibility index (Phi) is 6.40. The summed E-state index contributed by atoms with van der Waals surface area (Å²) in [5.41, 5.74) is 3.05. The first-order valence-corrected chi connectivity index (χ1v) is 9.67. The van der Waals surface area contributed by atoms with Crippen molar-refractivity contribution in [2.24, 2.45) is 0 Å². The van der Waals surface area contributed by atoms with Gasteiger partial charge in [0, 0.05) is 30.2 Å². The van der Waals surface area contributed by atoms with E-state index in [9.17, 15) is 4.79 Å². The van der Waals surface area contributed by atoms with Crippen LogP contribution in [0.15, 0.2) is 42.5 Å². The van der Waals surface area contributed by atoms with Crippen LogP contribution in [0.2, 0.25) is 5.02 Å². The molecule has 0 saturated carbocycles. The molecule has 2 aromatic carbocycles. The van der Waals surface area contributed by atoms with E-state index >= 15 is 0 Å². The first-order valence-electron chi connectivity index (χ1n) is 9.30. The minimum absolute atomic E-state index is 0.0120. The third kappa shape index (κ3) is 4.82. The number of halogens is 1. The smallest absolute Gasteiger partial charge is 0.257 e. The normalized spacial score (nSPS) is 16.0. The number of rotatable bonds is 6. The molecule has 1 fully saturated rings. The second-order valence-corrected chi connectivity index (χ2v) is 7.57. The van der Waals surface area contributed by atoms with Crippen molar-refractivity contribution in [3.63, 3.8) is 0 Å². The van der Waals surface area contributed by atoms with Gasteiger partial charge in [0.2, 0.25) is 0 Å². The Morgan fingerprint density at radius 3 is 2.41 bits per heavy atom. The SMILES string of the molecule is Cc1cc(OCC(=O)NCC2(c3ccccc3)CCOCC2)cc(C)c1Cl. The van der Waals surface area contributed by atoms with Gasteiger partial charge >= 0.3 is 0 Å². The lowest BCUT2D eigenvalue weighted by molar-refractivity contribution is -0.123. The van der Waals surface area contributed by atoms with Gasteiger partial charge in [0.25, 0.3) is 5.91 Å². The Bertz CT molecular complexity index is 762. The molecule has 0 radical (unpaired) electrons. The van der Waals surface area contributed by atoms with Crippen molar-refractivity contribution >= 4 is 17.5 Å². The Morgan fingerprint density at radius 1 is 1.15 bits per heavy atom. The molecule has 1 amide bonds. The molecule has 3 rings (SSSR count). The monoisotopic (exact) mass is 387 g/mol. The van der Waals surface area contributed by atoms with Crippen molar-refractivity contribution in [1.82, 2.24) is 5.32 Å². The van der Waals surface area contributed by atoms with Crippen molar-refractivity contribution < 1.29 is 14.3 Å². The van der Waals surface area contributed by atoms with Crippen LogP contribution in [0.25, 0.3) is 0 Å². The van der Waals surface area contributed by atoms with Crippen molar-refractivity contribution in [2.75, 3.05) is 26.4 Å². The standard InChI is InChI=1S/C22H26ClNO3/c1-16-12-19(13-17(2)21(16)23)27-14-20(25)24-15-22(8-10-26-11-9-22)18-6-4-3-5-7-18/h3-7,12-13H,8-11,14-15H2,1-2H3,(H,24,25). The number of hydrogen-bond donors (Lipinski definition) is 1. The maximum Gasteiger partial charge on any atom is 0.257 e. The van der Waals surface area contributed by atoms with Gasteiger partial charge in [-0.05, 0) is 55.5 Å². The van der Waals surface area contributed by atoms with Crippen molar-refractivity contribution in [3.05, 3.63) is 64.2 Å². The zero-order chi connectivity index (χ0) is 19.3. The second kappa shape index (κ2) is 8.77. The van der Waals surface area contributed by atoms with Gasteiger partial charge in [-0.15, -0.1) is 0 Å². The van der Waals surface area contributed by atoms with Crippen molar-refractivity contribution in [1.29, 1.82) is 0 Å². The fraction of sp³-hybridized carbons (Fsp3) is 0.409. The summed E-state index contributed by atoms with van der Waals surface area (Å²) in [7, 11) is 0. The number of carbonyl (C=O) groups excluding carboxylic acids is 1. The van der Waals surface area contributed by atoms with E-state index in [0.717, 1.165) is 29.0 Å². The van der Waals surface area contributed by atoms with Gasteiger partial charge in [0.15, 0.2) is 6.61 Å². The molecule has 0 aromatic heterocycles. The highest BCUT2D eigenvalue weighted by Crippen LogP contribution is 2.34. The number of aryl methyl sites for hydroxylation is 2. The van der Waals surface area contributed by atoms with Crippen LogP contribution in [0, 0.1) is 13.8 Å². The molecule has 4 nitrogen and oxygen atoms in total.